The summed E-state index contributed by atoms with van der Waals surface area (Å²) in [6.07, 6.45) is 5.71. The van der Waals surface area contributed by atoms with Crippen LogP contribution in [0.25, 0.3) is 0 Å². The van der Waals surface area contributed by atoms with Gasteiger partial charge in [-0.1, -0.05) is 6.92 Å². The lowest BCUT2D eigenvalue weighted by Gasteiger charge is -2.41. The summed E-state index contributed by atoms with van der Waals surface area (Å²) in [4.78, 5) is 5.05. The highest BCUT2D eigenvalue weighted by atomic mass is 15.2. The fourth-order valence-corrected chi connectivity index (χ4v) is 3.63. The Morgan fingerprint density at radius 3 is 2.84 bits per heavy atom. The van der Waals surface area contributed by atoms with E-state index in [1.54, 1.807) is 0 Å². The molecule has 1 aliphatic carbocycles. The first-order valence-electron chi connectivity index (χ1n) is 7.78. The van der Waals surface area contributed by atoms with Gasteiger partial charge in [0.1, 0.15) is 5.54 Å². The van der Waals surface area contributed by atoms with Crippen molar-refractivity contribution in [3.63, 3.8) is 0 Å². The number of hydrogen-bond acceptors (Lipinski definition) is 4. The van der Waals surface area contributed by atoms with Crippen LogP contribution in [0.5, 0.6) is 0 Å². The van der Waals surface area contributed by atoms with Gasteiger partial charge in [0.15, 0.2) is 0 Å². The molecule has 1 heterocycles. The van der Waals surface area contributed by atoms with Gasteiger partial charge in [-0.15, -0.1) is 0 Å². The molecule has 2 atom stereocenters. The quantitative estimate of drug-likeness (QED) is 0.837. The van der Waals surface area contributed by atoms with E-state index in [0.717, 1.165) is 32.5 Å². The second kappa shape index (κ2) is 6.69. The molecule has 2 fully saturated rings. The molecule has 1 N–H and O–H groups in total. The zero-order valence-corrected chi connectivity index (χ0v) is 12.5. The normalized spacial score (nSPS) is 34.7. The lowest BCUT2D eigenvalue weighted by molar-refractivity contribution is 0.124. The molecular formula is C15H28N4. The van der Waals surface area contributed by atoms with Crippen molar-refractivity contribution in [3.8, 4) is 6.07 Å². The van der Waals surface area contributed by atoms with Crippen LogP contribution in [-0.4, -0.2) is 61.2 Å². The standard InChI is InChI=1S/C15H28N4/c1-3-17-15(13-16)7-4-6-14(12-15)19-9-5-8-18(2)10-11-19/h14,17H,3-12H2,1-2H3. The van der Waals surface area contributed by atoms with Gasteiger partial charge in [-0.05, 0) is 58.8 Å². The van der Waals surface area contributed by atoms with Gasteiger partial charge in [0.2, 0.25) is 0 Å². The molecule has 1 aliphatic heterocycles. The minimum Gasteiger partial charge on any atom is -0.305 e. The van der Waals surface area contributed by atoms with Gasteiger partial charge < -0.3 is 4.90 Å². The second-order valence-electron chi connectivity index (χ2n) is 6.17. The number of nitrogens with one attached hydrogen (secondary N) is 1. The number of likely N-dealkylation sites (N-methyl/N-ethyl adjacent to an activating group) is 1. The molecule has 19 heavy (non-hydrogen) atoms. The van der Waals surface area contributed by atoms with E-state index in [-0.39, 0.29) is 5.54 Å². The molecule has 2 aliphatic rings. The lowest BCUT2D eigenvalue weighted by atomic mass is 9.79. The average Bonchev–Trinajstić information content (AvgIpc) is 2.64. The molecule has 0 amide bonds. The smallest absolute Gasteiger partial charge is 0.108 e. The zero-order valence-electron chi connectivity index (χ0n) is 12.5. The van der Waals surface area contributed by atoms with E-state index in [4.69, 9.17) is 0 Å². The molecule has 2 rings (SSSR count). The summed E-state index contributed by atoms with van der Waals surface area (Å²) < 4.78 is 0. The molecule has 4 heteroatoms. The molecule has 108 valence electrons. The first kappa shape index (κ1) is 14.8. The molecule has 0 spiro atoms. The Labute approximate surface area is 117 Å². The highest BCUT2D eigenvalue weighted by Gasteiger charge is 2.38. The predicted molar refractivity (Wildman–Crippen MR) is 78.0 cm³/mol. The lowest BCUT2D eigenvalue weighted by Crippen LogP contribution is -2.53. The van der Waals surface area contributed by atoms with Crippen molar-refractivity contribution in [2.45, 2.75) is 50.6 Å². The third-order valence-corrected chi connectivity index (χ3v) is 4.72. The van der Waals surface area contributed by atoms with Crippen LogP contribution in [0.3, 0.4) is 0 Å². The molecule has 0 aromatic rings. The summed E-state index contributed by atoms with van der Waals surface area (Å²) in [5, 5.41) is 13.0. The van der Waals surface area contributed by atoms with Crippen LogP contribution >= 0.6 is 0 Å². The van der Waals surface area contributed by atoms with Crippen LogP contribution in [0.4, 0.5) is 0 Å². The van der Waals surface area contributed by atoms with Gasteiger partial charge in [0, 0.05) is 19.1 Å². The molecule has 1 saturated heterocycles. The van der Waals surface area contributed by atoms with Crippen LogP contribution in [0.15, 0.2) is 0 Å². The first-order chi connectivity index (χ1) is 9.19. The van der Waals surface area contributed by atoms with Crippen LogP contribution in [0, 0.1) is 11.3 Å². The zero-order chi connectivity index (χ0) is 13.7. The Kier molecular flexibility index (Phi) is 5.20. The first-order valence-corrected chi connectivity index (χ1v) is 7.78. The Hall–Kier alpha value is -0.630. The van der Waals surface area contributed by atoms with E-state index in [0.29, 0.717) is 6.04 Å². The molecule has 2 unspecified atom stereocenters. The van der Waals surface area contributed by atoms with Crippen LogP contribution in [0.1, 0.15) is 39.0 Å². The summed E-state index contributed by atoms with van der Waals surface area (Å²) in [6.45, 7) is 7.72. The van der Waals surface area contributed by atoms with Gasteiger partial charge >= 0.3 is 0 Å². The van der Waals surface area contributed by atoms with Gasteiger partial charge in [-0.25, -0.2) is 0 Å². The van der Waals surface area contributed by atoms with Crippen molar-refractivity contribution in [2.75, 3.05) is 39.8 Å². The van der Waals surface area contributed by atoms with E-state index in [2.05, 4.69) is 35.2 Å². The maximum absolute atomic E-state index is 9.55. The predicted octanol–water partition coefficient (Wildman–Crippen LogP) is 1.44. The SMILES string of the molecule is CCNC1(C#N)CCCC(N2CCCN(C)CC2)C1. The minimum absolute atomic E-state index is 0.268. The van der Waals surface area contributed by atoms with Crippen molar-refractivity contribution in [2.24, 2.45) is 0 Å². The van der Waals surface area contributed by atoms with E-state index in [9.17, 15) is 5.26 Å². The fourth-order valence-electron chi connectivity index (χ4n) is 3.63. The number of hydrogen-bond donors (Lipinski definition) is 1. The van der Waals surface area contributed by atoms with E-state index in [1.807, 2.05) is 0 Å². The summed E-state index contributed by atoms with van der Waals surface area (Å²) in [5.41, 5.74) is -0.268. The highest BCUT2D eigenvalue weighted by molar-refractivity contribution is 5.11. The fraction of sp³-hybridized carbons (Fsp3) is 0.933. The Balaban J connectivity index is 1.98. The number of nitrogens with zero attached hydrogens (tertiary/aromatic N) is 3. The topological polar surface area (TPSA) is 42.3 Å². The van der Waals surface area contributed by atoms with Crippen molar-refractivity contribution in [1.29, 1.82) is 5.26 Å². The van der Waals surface area contributed by atoms with E-state index < -0.39 is 0 Å². The molecule has 0 aromatic carbocycles. The van der Waals surface area contributed by atoms with Crippen molar-refractivity contribution in [3.05, 3.63) is 0 Å². The number of nitriles is 1. The van der Waals surface area contributed by atoms with Crippen molar-refractivity contribution < 1.29 is 0 Å². The van der Waals surface area contributed by atoms with E-state index in [1.165, 1.54) is 32.4 Å². The largest absolute Gasteiger partial charge is 0.305 e. The molecule has 0 aromatic heterocycles. The molecule has 1 saturated carbocycles. The maximum Gasteiger partial charge on any atom is 0.108 e. The molecule has 0 radical (unpaired) electrons. The highest BCUT2D eigenvalue weighted by Crippen LogP contribution is 2.31. The summed E-state index contributed by atoms with van der Waals surface area (Å²) >= 11 is 0. The third kappa shape index (κ3) is 3.68. The van der Waals surface area contributed by atoms with Crippen LogP contribution < -0.4 is 5.32 Å². The van der Waals surface area contributed by atoms with Crippen molar-refractivity contribution >= 4 is 0 Å². The van der Waals surface area contributed by atoms with Gasteiger partial charge in [0.05, 0.1) is 6.07 Å². The van der Waals surface area contributed by atoms with Crippen LogP contribution in [0.2, 0.25) is 0 Å². The maximum atomic E-state index is 9.55. The Morgan fingerprint density at radius 1 is 1.26 bits per heavy atom. The van der Waals surface area contributed by atoms with Gasteiger partial charge in [0.25, 0.3) is 0 Å². The monoisotopic (exact) mass is 264 g/mol. The van der Waals surface area contributed by atoms with Crippen molar-refractivity contribution in [1.82, 2.24) is 15.1 Å². The third-order valence-electron chi connectivity index (χ3n) is 4.72. The van der Waals surface area contributed by atoms with E-state index >= 15 is 0 Å². The number of rotatable bonds is 3. The van der Waals surface area contributed by atoms with Gasteiger partial charge in [-0.2, -0.15) is 5.26 Å². The average molecular weight is 264 g/mol. The molecular weight excluding hydrogens is 236 g/mol. The van der Waals surface area contributed by atoms with Gasteiger partial charge in [-0.3, -0.25) is 10.2 Å². The Bertz CT molecular complexity index is 321. The molecule has 0 bridgehead atoms. The second-order valence-corrected chi connectivity index (χ2v) is 6.17. The Morgan fingerprint density at radius 2 is 2.11 bits per heavy atom. The summed E-state index contributed by atoms with van der Waals surface area (Å²) in [6, 6.07) is 3.16. The van der Waals surface area contributed by atoms with Crippen LogP contribution in [-0.2, 0) is 0 Å². The summed E-state index contributed by atoms with van der Waals surface area (Å²) in [7, 11) is 2.21. The summed E-state index contributed by atoms with van der Waals surface area (Å²) in [5.74, 6) is 0. The molecule has 4 nitrogen and oxygen atoms in total. The minimum atomic E-state index is -0.268.